The van der Waals surface area contributed by atoms with Gasteiger partial charge >= 0.3 is 0 Å². The smallest absolute Gasteiger partial charge is 0.0547 e. The number of hydrogen-bond acceptors (Lipinski definition) is 2. The van der Waals surface area contributed by atoms with Crippen LogP contribution in [0.25, 0.3) is 92.2 Å². The SMILES string of the molecule is c1ccc(-c2ccc(-c3ccc(N(c4ccccc4)c4cccc(-c5cccc(-c6cccc7c6c6ccccc6n7-c6ccc7sc8ccccc8c7c6)c5)c4)cc3)cc2)cc1. The molecule has 0 aliphatic carbocycles. The second-order valence-electron chi connectivity index (χ2n) is 16.1. The summed E-state index contributed by atoms with van der Waals surface area (Å²) in [6, 6.07) is 88.3. The lowest BCUT2D eigenvalue weighted by Crippen LogP contribution is -2.09. The van der Waals surface area contributed by atoms with Gasteiger partial charge in [0.1, 0.15) is 0 Å². The van der Waals surface area contributed by atoms with Gasteiger partial charge in [-0.15, -0.1) is 11.3 Å². The van der Waals surface area contributed by atoms with E-state index in [1.807, 2.05) is 11.3 Å². The molecule has 0 aliphatic heterocycles. The van der Waals surface area contributed by atoms with Gasteiger partial charge in [-0.05, 0) is 123 Å². The normalized spacial score (nSPS) is 11.5. The number of nitrogens with zero attached hydrogens (tertiary/aromatic N) is 2. The lowest BCUT2D eigenvalue weighted by Gasteiger charge is -2.26. The Morgan fingerprint density at radius 3 is 1.60 bits per heavy atom. The van der Waals surface area contributed by atoms with Crippen molar-refractivity contribution in [1.82, 2.24) is 4.57 Å². The lowest BCUT2D eigenvalue weighted by molar-refractivity contribution is 1.19. The van der Waals surface area contributed by atoms with Crippen molar-refractivity contribution in [3.63, 3.8) is 0 Å². The van der Waals surface area contributed by atoms with E-state index < -0.39 is 0 Å². The van der Waals surface area contributed by atoms with E-state index in [2.05, 4.69) is 252 Å². The molecule has 10 aromatic carbocycles. The van der Waals surface area contributed by atoms with Crippen LogP contribution in [0, 0.1) is 0 Å². The zero-order chi connectivity index (χ0) is 41.7. The summed E-state index contributed by atoms with van der Waals surface area (Å²) in [6.07, 6.45) is 0. The Morgan fingerprint density at radius 2 is 0.825 bits per heavy atom. The van der Waals surface area contributed by atoms with Gasteiger partial charge in [0, 0.05) is 53.7 Å². The van der Waals surface area contributed by atoms with E-state index in [4.69, 9.17) is 0 Å². The zero-order valence-electron chi connectivity index (χ0n) is 34.4. The maximum atomic E-state index is 2.44. The highest BCUT2D eigenvalue weighted by Crippen LogP contribution is 2.43. The van der Waals surface area contributed by atoms with Crippen LogP contribution in [0.5, 0.6) is 0 Å². The summed E-state index contributed by atoms with van der Waals surface area (Å²) in [5, 5.41) is 5.13. The van der Waals surface area contributed by atoms with Crippen molar-refractivity contribution in [1.29, 1.82) is 0 Å². The van der Waals surface area contributed by atoms with Gasteiger partial charge in [-0.3, -0.25) is 0 Å². The summed E-state index contributed by atoms with van der Waals surface area (Å²) in [4.78, 5) is 2.35. The molecule has 0 radical (unpaired) electrons. The highest BCUT2D eigenvalue weighted by molar-refractivity contribution is 7.25. The van der Waals surface area contributed by atoms with Crippen molar-refractivity contribution >= 4 is 70.4 Å². The van der Waals surface area contributed by atoms with Crippen molar-refractivity contribution in [2.24, 2.45) is 0 Å². The van der Waals surface area contributed by atoms with E-state index in [1.165, 1.54) is 86.6 Å². The van der Waals surface area contributed by atoms with Crippen LogP contribution < -0.4 is 4.90 Å². The molecule has 0 atom stereocenters. The molecule has 12 rings (SSSR count). The van der Waals surface area contributed by atoms with Gasteiger partial charge in [-0.2, -0.15) is 0 Å². The Hall–Kier alpha value is -7.98. The van der Waals surface area contributed by atoms with Crippen molar-refractivity contribution < 1.29 is 0 Å². The summed E-state index contributed by atoms with van der Waals surface area (Å²) in [5.41, 5.74) is 16.5. The Kier molecular flexibility index (Phi) is 9.06. The highest BCUT2D eigenvalue weighted by atomic mass is 32.1. The molecule has 12 aromatic rings. The first-order valence-electron chi connectivity index (χ1n) is 21.5. The van der Waals surface area contributed by atoms with Crippen LogP contribution >= 0.6 is 11.3 Å². The molecule has 0 N–H and O–H groups in total. The van der Waals surface area contributed by atoms with E-state index >= 15 is 0 Å². The molecule has 0 aliphatic rings. The minimum atomic E-state index is 1.10. The Balaban J connectivity index is 0.913. The van der Waals surface area contributed by atoms with E-state index in [9.17, 15) is 0 Å². The standard InChI is InChI=1S/C60H40N2S/c1-3-14-41(15-4-1)42-28-30-43(31-29-42)44-32-34-49(35-33-44)61(48-19-5-2-6-20-48)50-21-12-17-46(39-50)45-16-11-18-47(38-45)52-24-13-26-57-60(52)54-23-7-9-25-56(54)62(57)51-36-37-59-55(40-51)53-22-8-10-27-58(53)63-59/h1-40H. The van der Waals surface area contributed by atoms with Crippen LogP contribution in [-0.2, 0) is 0 Å². The Labute approximate surface area is 370 Å². The average Bonchev–Trinajstić information content (AvgIpc) is 3.91. The third kappa shape index (κ3) is 6.58. The molecule has 2 nitrogen and oxygen atoms in total. The van der Waals surface area contributed by atoms with Crippen LogP contribution in [0.2, 0.25) is 0 Å². The molecule has 2 aromatic heterocycles. The summed E-state index contributed by atoms with van der Waals surface area (Å²) >= 11 is 1.86. The summed E-state index contributed by atoms with van der Waals surface area (Å²) in [7, 11) is 0. The number of hydrogen-bond donors (Lipinski definition) is 0. The maximum absolute atomic E-state index is 2.44. The zero-order valence-corrected chi connectivity index (χ0v) is 35.2. The van der Waals surface area contributed by atoms with Crippen LogP contribution in [0.1, 0.15) is 0 Å². The molecule has 2 heterocycles. The number of benzene rings is 10. The largest absolute Gasteiger partial charge is 0.310 e. The number of anilines is 3. The second kappa shape index (κ2) is 15.5. The summed E-state index contributed by atoms with van der Waals surface area (Å²) in [5.74, 6) is 0. The molecule has 3 heteroatoms. The van der Waals surface area contributed by atoms with Gasteiger partial charge < -0.3 is 9.47 Å². The van der Waals surface area contributed by atoms with Crippen LogP contribution in [0.15, 0.2) is 243 Å². The summed E-state index contributed by atoms with van der Waals surface area (Å²) in [6.45, 7) is 0. The second-order valence-corrected chi connectivity index (χ2v) is 17.2. The van der Waals surface area contributed by atoms with E-state index in [0.717, 1.165) is 22.6 Å². The minimum absolute atomic E-state index is 1.10. The Bertz CT molecular complexity index is 3600. The number of para-hydroxylation sites is 2. The van der Waals surface area contributed by atoms with Crippen molar-refractivity contribution in [2.45, 2.75) is 0 Å². The molecule has 0 unspecified atom stereocenters. The fourth-order valence-corrected chi connectivity index (χ4v) is 10.5. The van der Waals surface area contributed by atoms with Gasteiger partial charge in [-0.25, -0.2) is 0 Å². The number of aromatic nitrogens is 1. The van der Waals surface area contributed by atoms with Crippen molar-refractivity contribution in [3.05, 3.63) is 243 Å². The third-order valence-electron chi connectivity index (χ3n) is 12.4. The molecule has 296 valence electrons. The first-order chi connectivity index (χ1) is 31.2. The fourth-order valence-electron chi connectivity index (χ4n) is 9.40. The monoisotopic (exact) mass is 820 g/mol. The Morgan fingerprint density at radius 1 is 0.302 bits per heavy atom. The molecular weight excluding hydrogens is 781 g/mol. The molecule has 63 heavy (non-hydrogen) atoms. The summed E-state index contributed by atoms with van der Waals surface area (Å²) < 4.78 is 5.08. The van der Waals surface area contributed by atoms with Gasteiger partial charge in [0.25, 0.3) is 0 Å². The van der Waals surface area contributed by atoms with E-state index in [1.54, 1.807) is 0 Å². The van der Waals surface area contributed by atoms with Gasteiger partial charge in [-0.1, -0.05) is 164 Å². The number of thiophene rings is 1. The molecule has 0 saturated carbocycles. The topological polar surface area (TPSA) is 8.17 Å². The average molecular weight is 821 g/mol. The molecular formula is C60H40N2S. The molecule has 0 fully saturated rings. The van der Waals surface area contributed by atoms with Crippen LogP contribution in [-0.4, -0.2) is 4.57 Å². The van der Waals surface area contributed by atoms with Gasteiger partial charge in [0.15, 0.2) is 0 Å². The first kappa shape index (κ1) is 36.8. The predicted octanol–water partition coefficient (Wildman–Crippen LogP) is 17.3. The van der Waals surface area contributed by atoms with Gasteiger partial charge in [0.2, 0.25) is 0 Å². The van der Waals surface area contributed by atoms with Crippen LogP contribution in [0.4, 0.5) is 17.1 Å². The molecule has 0 amide bonds. The minimum Gasteiger partial charge on any atom is -0.310 e. The van der Waals surface area contributed by atoms with Crippen molar-refractivity contribution in [2.75, 3.05) is 4.90 Å². The highest BCUT2D eigenvalue weighted by Gasteiger charge is 2.18. The third-order valence-corrected chi connectivity index (χ3v) is 13.5. The van der Waals surface area contributed by atoms with E-state index in [-0.39, 0.29) is 0 Å². The van der Waals surface area contributed by atoms with E-state index in [0.29, 0.717) is 0 Å². The maximum Gasteiger partial charge on any atom is 0.0547 e. The van der Waals surface area contributed by atoms with Crippen LogP contribution in [0.3, 0.4) is 0 Å². The molecule has 0 bridgehead atoms. The first-order valence-corrected chi connectivity index (χ1v) is 22.3. The van der Waals surface area contributed by atoms with Crippen molar-refractivity contribution in [3.8, 4) is 50.2 Å². The lowest BCUT2D eigenvalue weighted by atomic mass is 9.95. The fraction of sp³-hybridized carbons (Fsp3) is 0. The quantitative estimate of drug-likeness (QED) is 0.148. The number of rotatable bonds is 8. The molecule has 0 spiro atoms. The molecule has 0 saturated heterocycles. The van der Waals surface area contributed by atoms with Gasteiger partial charge in [0.05, 0.1) is 11.0 Å². The predicted molar refractivity (Wildman–Crippen MR) is 270 cm³/mol. The number of fused-ring (bicyclic) bond motifs is 6.